The van der Waals surface area contributed by atoms with Crippen LogP contribution in [0, 0.1) is 0 Å². The topological polar surface area (TPSA) is 34.2 Å². The molecule has 9 aromatic carbocycles. The monoisotopic (exact) mass is 703 g/mol. The van der Waals surface area contributed by atoms with E-state index in [-0.39, 0.29) is 0 Å². The Balaban J connectivity index is 1.23. The van der Waals surface area contributed by atoms with Crippen molar-refractivity contribution in [3.63, 3.8) is 0 Å². The molecule has 0 spiro atoms. The number of hydrogen-bond acceptors (Lipinski definition) is 3. The fraction of sp³-hybridized carbons (Fsp3) is 0. The SMILES string of the molecule is c1ccc(-c2ccc(N(c3cccc4nc(-c5cccc6ccccc56)oc34)c3cc4ccccc4c4c3c3ccccc3n4-c3ccccc3)cc2)cc1. The van der Waals surface area contributed by atoms with Gasteiger partial charge in [0.15, 0.2) is 5.58 Å². The lowest BCUT2D eigenvalue weighted by molar-refractivity contribution is 0.621. The van der Waals surface area contributed by atoms with Crippen LogP contribution in [0.5, 0.6) is 0 Å². The number of fused-ring (bicyclic) bond motifs is 7. The molecule has 2 heterocycles. The molecule has 258 valence electrons. The van der Waals surface area contributed by atoms with Crippen molar-refractivity contribution in [1.82, 2.24) is 9.55 Å². The smallest absolute Gasteiger partial charge is 0.228 e. The predicted octanol–water partition coefficient (Wildman–Crippen LogP) is 14.0. The van der Waals surface area contributed by atoms with Gasteiger partial charge in [-0.15, -0.1) is 0 Å². The van der Waals surface area contributed by atoms with Crippen molar-refractivity contribution in [2.24, 2.45) is 0 Å². The second-order valence-corrected chi connectivity index (χ2v) is 13.9. The molecule has 0 unspecified atom stereocenters. The van der Waals surface area contributed by atoms with E-state index in [9.17, 15) is 0 Å². The van der Waals surface area contributed by atoms with E-state index < -0.39 is 0 Å². The first kappa shape index (κ1) is 31.1. The van der Waals surface area contributed by atoms with E-state index in [1.165, 1.54) is 16.3 Å². The van der Waals surface area contributed by atoms with Gasteiger partial charge in [0, 0.05) is 33.1 Å². The van der Waals surface area contributed by atoms with Crippen LogP contribution in [0.4, 0.5) is 17.1 Å². The van der Waals surface area contributed by atoms with Crippen LogP contribution >= 0.6 is 0 Å². The molecule has 55 heavy (non-hydrogen) atoms. The zero-order valence-electron chi connectivity index (χ0n) is 29.8. The average Bonchev–Trinajstić information content (AvgIpc) is 3.85. The fourth-order valence-corrected chi connectivity index (χ4v) is 8.31. The number of rotatable bonds is 6. The molecule has 0 bridgehead atoms. The molecular formula is C51H33N3O. The van der Waals surface area contributed by atoms with Gasteiger partial charge in [-0.1, -0.05) is 146 Å². The molecule has 4 nitrogen and oxygen atoms in total. The van der Waals surface area contributed by atoms with Crippen LogP contribution in [0.15, 0.2) is 205 Å². The Kier molecular flexibility index (Phi) is 7.14. The molecule has 0 saturated carbocycles. The molecule has 0 amide bonds. The van der Waals surface area contributed by atoms with Gasteiger partial charge in [0.05, 0.1) is 22.4 Å². The van der Waals surface area contributed by atoms with E-state index in [0.29, 0.717) is 5.89 Å². The minimum Gasteiger partial charge on any atom is -0.434 e. The van der Waals surface area contributed by atoms with Crippen molar-refractivity contribution in [3.8, 4) is 28.3 Å². The highest BCUT2D eigenvalue weighted by Crippen LogP contribution is 2.48. The van der Waals surface area contributed by atoms with Gasteiger partial charge in [-0.05, 0) is 81.9 Å². The number of para-hydroxylation sites is 3. The summed E-state index contributed by atoms with van der Waals surface area (Å²) in [6.45, 7) is 0. The minimum atomic E-state index is 0.600. The number of hydrogen-bond donors (Lipinski definition) is 0. The Hall–Kier alpha value is -7.43. The molecule has 0 aliphatic heterocycles. The Morgan fingerprint density at radius 2 is 1.11 bits per heavy atom. The summed E-state index contributed by atoms with van der Waals surface area (Å²) in [6.07, 6.45) is 0. The standard InChI is InChI=1S/C51H33N3O/c1-3-15-34(16-4-1)35-29-31-39(32-30-35)53(46-28-14-26-44-50(46)55-51(52-44)42-25-13-19-36-17-7-9-22-40(36)42)47-33-37-18-8-10-23-41(37)49-48(47)43-24-11-12-27-45(43)54(49)38-20-5-2-6-21-38/h1-33H. The Morgan fingerprint density at radius 1 is 0.473 bits per heavy atom. The molecule has 0 N–H and O–H groups in total. The van der Waals surface area contributed by atoms with E-state index in [2.05, 4.69) is 204 Å². The van der Waals surface area contributed by atoms with E-state index >= 15 is 0 Å². The summed E-state index contributed by atoms with van der Waals surface area (Å²) in [5, 5.41) is 6.94. The maximum atomic E-state index is 6.91. The second-order valence-electron chi connectivity index (χ2n) is 13.9. The average molecular weight is 704 g/mol. The van der Waals surface area contributed by atoms with Crippen molar-refractivity contribution in [2.75, 3.05) is 4.90 Å². The third-order valence-electron chi connectivity index (χ3n) is 10.8. The molecule has 2 aromatic heterocycles. The molecular weight excluding hydrogens is 671 g/mol. The highest BCUT2D eigenvalue weighted by molar-refractivity contribution is 6.25. The van der Waals surface area contributed by atoms with Gasteiger partial charge in [-0.3, -0.25) is 0 Å². The van der Waals surface area contributed by atoms with Crippen LogP contribution in [0.25, 0.3) is 82.7 Å². The summed E-state index contributed by atoms with van der Waals surface area (Å²) >= 11 is 0. The maximum Gasteiger partial charge on any atom is 0.228 e. The van der Waals surface area contributed by atoms with Crippen molar-refractivity contribution in [3.05, 3.63) is 200 Å². The Bertz CT molecular complexity index is 3190. The summed E-state index contributed by atoms with van der Waals surface area (Å²) in [4.78, 5) is 7.49. The normalized spacial score (nSPS) is 11.6. The zero-order chi connectivity index (χ0) is 36.3. The summed E-state index contributed by atoms with van der Waals surface area (Å²) in [7, 11) is 0. The molecule has 4 heteroatoms. The van der Waals surface area contributed by atoms with E-state index in [0.717, 1.165) is 77.6 Å². The highest BCUT2D eigenvalue weighted by atomic mass is 16.3. The molecule has 0 atom stereocenters. The lowest BCUT2D eigenvalue weighted by atomic mass is 10.0. The molecule has 11 rings (SSSR count). The van der Waals surface area contributed by atoms with E-state index in [4.69, 9.17) is 9.40 Å². The van der Waals surface area contributed by atoms with Gasteiger partial charge in [0.1, 0.15) is 5.52 Å². The van der Waals surface area contributed by atoms with Gasteiger partial charge in [0.25, 0.3) is 0 Å². The van der Waals surface area contributed by atoms with Gasteiger partial charge in [-0.25, -0.2) is 4.98 Å². The molecule has 0 aliphatic carbocycles. The third-order valence-corrected chi connectivity index (χ3v) is 10.8. The largest absolute Gasteiger partial charge is 0.434 e. The lowest BCUT2D eigenvalue weighted by Crippen LogP contribution is -2.11. The molecule has 11 aromatic rings. The number of benzene rings is 9. The minimum absolute atomic E-state index is 0.600. The van der Waals surface area contributed by atoms with Gasteiger partial charge in [0.2, 0.25) is 5.89 Å². The van der Waals surface area contributed by atoms with Crippen LogP contribution in [0.2, 0.25) is 0 Å². The first-order valence-corrected chi connectivity index (χ1v) is 18.6. The maximum absolute atomic E-state index is 6.91. The number of anilines is 3. The van der Waals surface area contributed by atoms with Crippen LogP contribution in [-0.4, -0.2) is 9.55 Å². The molecule has 0 saturated heterocycles. The first-order valence-electron chi connectivity index (χ1n) is 18.6. The lowest BCUT2D eigenvalue weighted by Gasteiger charge is -2.27. The fourth-order valence-electron chi connectivity index (χ4n) is 8.31. The van der Waals surface area contributed by atoms with Crippen LogP contribution in [0.1, 0.15) is 0 Å². The van der Waals surface area contributed by atoms with Crippen molar-refractivity contribution in [2.45, 2.75) is 0 Å². The van der Waals surface area contributed by atoms with Crippen LogP contribution < -0.4 is 4.90 Å². The highest BCUT2D eigenvalue weighted by Gasteiger charge is 2.26. The molecule has 0 fully saturated rings. The number of nitrogens with zero attached hydrogens (tertiary/aromatic N) is 3. The van der Waals surface area contributed by atoms with Crippen molar-refractivity contribution >= 4 is 71.5 Å². The third kappa shape index (κ3) is 5.03. The second kappa shape index (κ2) is 12.6. The Morgan fingerprint density at radius 3 is 1.93 bits per heavy atom. The van der Waals surface area contributed by atoms with Crippen LogP contribution in [0.3, 0.4) is 0 Å². The summed E-state index contributed by atoms with van der Waals surface area (Å²) in [6, 6.07) is 70.9. The summed E-state index contributed by atoms with van der Waals surface area (Å²) in [5.74, 6) is 0.600. The Labute approximate surface area is 317 Å². The van der Waals surface area contributed by atoms with E-state index in [1.54, 1.807) is 0 Å². The summed E-state index contributed by atoms with van der Waals surface area (Å²) < 4.78 is 9.33. The number of aromatic nitrogens is 2. The van der Waals surface area contributed by atoms with Gasteiger partial charge in [-0.2, -0.15) is 0 Å². The number of oxazole rings is 1. The van der Waals surface area contributed by atoms with Crippen LogP contribution in [-0.2, 0) is 0 Å². The van der Waals surface area contributed by atoms with Gasteiger partial charge >= 0.3 is 0 Å². The van der Waals surface area contributed by atoms with Gasteiger partial charge < -0.3 is 13.9 Å². The van der Waals surface area contributed by atoms with E-state index in [1.807, 2.05) is 6.07 Å². The summed E-state index contributed by atoms with van der Waals surface area (Å²) in [5.41, 5.74) is 11.2. The molecule has 0 radical (unpaired) electrons. The first-order chi connectivity index (χ1) is 27.3. The predicted molar refractivity (Wildman–Crippen MR) is 229 cm³/mol. The quantitative estimate of drug-likeness (QED) is 0.173. The van der Waals surface area contributed by atoms with Crippen molar-refractivity contribution in [1.29, 1.82) is 0 Å². The molecule has 0 aliphatic rings. The zero-order valence-corrected chi connectivity index (χ0v) is 29.8. The van der Waals surface area contributed by atoms with Crippen molar-refractivity contribution < 1.29 is 4.42 Å².